The van der Waals surface area contributed by atoms with Gasteiger partial charge in [0.15, 0.2) is 0 Å². The summed E-state index contributed by atoms with van der Waals surface area (Å²) >= 11 is 1.61. The van der Waals surface area contributed by atoms with Crippen LogP contribution in [0.25, 0.3) is 10.1 Å². The van der Waals surface area contributed by atoms with Crippen molar-refractivity contribution >= 4 is 27.3 Å². The summed E-state index contributed by atoms with van der Waals surface area (Å²) in [4.78, 5) is 14.7. The maximum absolute atomic E-state index is 12.8. The van der Waals surface area contributed by atoms with E-state index in [2.05, 4.69) is 6.92 Å². The third-order valence-electron chi connectivity index (χ3n) is 4.27. The van der Waals surface area contributed by atoms with Gasteiger partial charge >= 0.3 is 0 Å². The fourth-order valence-electron chi connectivity index (χ4n) is 3.08. The van der Waals surface area contributed by atoms with E-state index in [1.54, 1.807) is 11.3 Å². The zero-order valence-electron chi connectivity index (χ0n) is 11.6. The van der Waals surface area contributed by atoms with Gasteiger partial charge in [0.2, 0.25) is 0 Å². The van der Waals surface area contributed by atoms with Crippen LogP contribution in [0.4, 0.5) is 0 Å². The summed E-state index contributed by atoms with van der Waals surface area (Å²) in [6, 6.07) is 7.95. The number of aliphatic hydroxyl groups is 1. The lowest BCUT2D eigenvalue weighted by atomic mass is 9.90. The lowest BCUT2D eigenvalue weighted by molar-refractivity contribution is 0.0360. The summed E-state index contributed by atoms with van der Waals surface area (Å²) in [7, 11) is 0. The number of fused-ring (bicyclic) bond motifs is 1. The van der Waals surface area contributed by atoms with E-state index in [9.17, 15) is 9.90 Å². The fourth-order valence-corrected chi connectivity index (χ4v) is 4.01. The van der Waals surface area contributed by atoms with Crippen molar-refractivity contribution in [1.29, 1.82) is 0 Å². The molecule has 0 spiro atoms. The highest BCUT2D eigenvalue weighted by atomic mass is 32.1. The third kappa shape index (κ3) is 2.23. The summed E-state index contributed by atoms with van der Waals surface area (Å²) in [6.45, 7) is 2.92. The van der Waals surface area contributed by atoms with Gasteiger partial charge in [0, 0.05) is 22.0 Å². The van der Waals surface area contributed by atoms with Gasteiger partial charge in [0.1, 0.15) is 0 Å². The molecule has 0 saturated carbocycles. The van der Waals surface area contributed by atoms with E-state index in [-0.39, 0.29) is 18.6 Å². The number of carbonyl (C=O) groups is 1. The minimum Gasteiger partial charge on any atom is -0.394 e. The van der Waals surface area contributed by atoms with Crippen LogP contribution in [-0.4, -0.2) is 35.1 Å². The van der Waals surface area contributed by atoms with Gasteiger partial charge in [-0.3, -0.25) is 4.79 Å². The average Bonchev–Trinajstić information content (AvgIpc) is 2.90. The average molecular weight is 289 g/mol. The van der Waals surface area contributed by atoms with Crippen molar-refractivity contribution in [2.75, 3.05) is 13.2 Å². The Labute approximate surface area is 122 Å². The van der Waals surface area contributed by atoms with Gasteiger partial charge in [-0.15, -0.1) is 11.3 Å². The van der Waals surface area contributed by atoms with Crippen molar-refractivity contribution in [1.82, 2.24) is 4.90 Å². The van der Waals surface area contributed by atoms with Crippen molar-refractivity contribution in [3.8, 4) is 0 Å². The van der Waals surface area contributed by atoms with E-state index >= 15 is 0 Å². The zero-order valence-corrected chi connectivity index (χ0v) is 12.4. The number of amides is 1. The molecular weight excluding hydrogens is 270 g/mol. The van der Waals surface area contributed by atoms with Gasteiger partial charge < -0.3 is 10.0 Å². The van der Waals surface area contributed by atoms with Crippen LogP contribution in [0.1, 0.15) is 30.1 Å². The molecule has 3 rings (SSSR count). The highest BCUT2D eigenvalue weighted by Gasteiger charge is 2.32. The Bertz CT molecular complexity index is 622. The van der Waals surface area contributed by atoms with Crippen LogP contribution in [0.5, 0.6) is 0 Å². The minimum atomic E-state index is -0.0464. The summed E-state index contributed by atoms with van der Waals surface area (Å²) in [6.07, 6.45) is 2.10. The first-order valence-electron chi connectivity index (χ1n) is 7.10. The smallest absolute Gasteiger partial charge is 0.255 e. The lowest BCUT2D eigenvalue weighted by Crippen LogP contribution is -2.49. The molecule has 2 aromatic rings. The van der Waals surface area contributed by atoms with Crippen LogP contribution >= 0.6 is 11.3 Å². The Morgan fingerprint density at radius 3 is 3.05 bits per heavy atom. The largest absolute Gasteiger partial charge is 0.394 e. The third-order valence-corrected chi connectivity index (χ3v) is 5.24. The van der Waals surface area contributed by atoms with E-state index in [0.717, 1.165) is 35.0 Å². The van der Waals surface area contributed by atoms with E-state index in [0.29, 0.717) is 5.92 Å². The highest BCUT2D eigenvalue weighted by Crippen LogP contribution is 2.30. The fraction of sp³-hybridized carbons (Fsp3) is 0.438. The number of benzene rings is 1. The van der Waals surface area contributed by atoms with E-state index in [4.69, 9.17) is 0 Å². The highest BCUT2D eigenvalue weighted by molar-refractivity contribution is 7.17. The van der Waals surface area contributed by atoms with Crippen LogP contribution in [0, 0.1) is 5.92 Å². The minimum absolute atomic E-state index is 0.0464. The molecule has 1 saturated heterocycles. The summed E-state index contributed by atoms with van der Waals surface area (Å²) in [5.41, 5.74) is 0.776. The summed E-state index contributed by atoms with van der Waals surface area (Å²) in [5.74, 6) is 0.427. The summed E-state index contributed by atoms with van der Waals surface area (Å²) < 4.78 is 1.14. The quantitative estimate of drug-likeness (QED) is 0.922. The van der Waals surface area contributed by atoms with Gasteiger partial charge in [-0.2, -0.15) is 0 Å². The second kappa shape index (κ2) is 5.54. The van der Waals surface area contributed by atoms with Crippen molar-refractivity contribution in [2.45, 2.75) is 25.8 Å². The maximum Gasteiger partial charge on any atom is 0.255 e. The molecule has 1 aromatic heterocycles. The predicted octanol–water partition coefficient (Wildman–Crippen LogP) is 3.13. The number of thiophene rings is 1. The molecule has 0 bridgehead atoms. The van der Waals surface area contributed by atoms with Gasteiger partial charge in [0.25, 0.3) is 5.91 Å². The second-order valence-corrected chi connectivity index (χ2v) is 6.42. The molecule has 0 aliphatic carbocycles. The van der Waals surface area contributed by atoms with Crippen LogP contribution in [-0.2, 0) is 0 Å². The van der Waals surface area contributed by atoms with Gasteiger partial charge in [-0.1, -0.05) is 25.1 Å². The molecule has 4 heteroatoms. The molecule has 1 fully saturated rings. The molecule has 106 valence electrons. The van der Waals surface area contributed by atoms with Crippen molar-refractivity contribution < 1.29 is 9.90 Å². The first-order valence-corrected chi connectivity index (χ1v) is 7.98. The Kier molecular flexibility index (Phi) is 3.76. The molecule has 2 heterocycles. The van der Waals surface area contributed by atoms with Crippen molar-refractivity contribution in [3.63, 3.8) is 0 Å². The first-order chi connectivity index (χ1) is 9.72. The van der Waals surface area contributed by atoms with Gasteiger partial charge in [-0.25, -0.2) is 0 Å². The molecule has 1 aliphatic rings. The Morgan fingerprint density at radius 2 is 2.25 bits per heavy atom. The molecule has 3 nitrogen and oxygen atoms in total. The van der Waals surface area contributed by atoms with Crippen LogP contribution < -0.4 is 0 Å². The molecule has 2 unspecified atom stereocenters. The number of hydrogen-bond acceptors (Lipinski definition) is 3. The number of carbonyl (C=O) groups excluding carboxylic acids is 1. The van der Waals surface area contributed by atoms with E-state index in [1.807, 2.05) is 34.5 Å². The molecule has 2 atom stereocenters. The lowest BCUT2D eigenvalue weighted by Gasteiger charge is -2.39. The molecule has 1 amide bonds. The SMILES string of the molecule is CC1CCCN(C(=O)c2csc3ccccc23)C1CO. The number of rotatable bonds is 2. The van der Waals surface area contributed by atoms with Crippen molar-refractivity contribution in [3.05, 3.63) is 35.2 Å². The van der Waals surface area contributed by atoms with Crippen LogP contribution in [0.15, 0.2) is 29.6 Å². The normalized spacial score (nSPS) is 23.2. The van der Waals surface area contributed by atoms with Gasteiger partial charge in [0.05, 0.1) is 18.2 Å². The first kappa shape index (κ1) is 13.6. The number of piperidine rings is 1. The van der Waals surface area contributed by atoms with E-state index in [1.165, 1.54) is 0 Å². The van der Waals surface area contributed by atoms with Crippen molar-refractivity contribution in [2.24, 2.45) is 5.92 Å². The standard InChI is InChI=1S/C16H19NO2S/c1-11-5-4-8-17(14(11)9-18)16(19)13-10-20-15-7-3-2-6-12(13)15/h2-3,6-7,10-11,14,18H,4-5,8-9H2,1H3. The molecule has 1 aliphatic heterocycles. The second-order valence-electron chi connectivity index (χ2n) is 5.51. The number of likely N-dealkylation sites (tertiary alicyclic amines) is 1. The van der Waals surface area contributed by atoms with Crippen LogP contribution in [0.2, 0.25) is 0 Å². The van der Waals surface area contributed by atoms with E-state index < -0.39 is 0 Å². The molecule has 0 radical (unpaired) electrons. The number of hydrogen-bond donors (Lipinski definition) is 1. The Hall–Kier alpha value is -1.39. The summed E-state index contributed by atoms with van der Waals surface area (Å²) in [5, 5.41) is 12.6. The molecule has 20 heavy (non-hydrogen) atoms. The monoisotopic (exact) mass is 289 g/mol. The number of nitrogens with zero attached hydrogens (tertiary/aromatic N) is 1. The topological polar surface area (TPSA) is 40.5 Å². The van der Waals surface area contributed by atoms with Gasteiger partial charge in [-0.05, 0) is 24.8 Å². The predicted molar refractivity (Wildman–Crippen MR) is 82.1 cm³/mol. The molecule has 1 N–H and O–H groups in total. The Balaban J connectivity index is 1.95. The maximum atomic E-state index is 12.8. The molecular formula is C16H19NO2S. The molecule has 1 aromatic carbocycles. The Morgan fingerprint density at radius 1 is 1.45 bits per heavy atom. The number of aliphatic hydroxyl groups excluding tert-OH is 1. The van der Waals surface area contributed by atoms with Crippen LogP contribution in [0.3, 0.4) is 0 Å². The zero-order chi connectivity index (χ0) is 14.1.